The van der Waals surface area contributed by atoms with E-state index in [1.807, 2.05) is 36.4 Å². The average Bonchev–Trinajstić information content (AvgIpc) is 2.95. The second-order valence-electron chi connectivity index (χ2n) is 5.57. The Balaban J connectivity index is 1.46. The summed E-state index contributed by atoms with van der Waals surface area (Å²) in [6, 6.07) is 13.2. The molecule has 1 aromatic heterocycles. The molecule has 1 aliphatic rings. The molecule has 138 valence electrons. The number of nitrogens with one attached hydrogen (secondary N) is 1. The Hall–Kier alpha value is -2.58. The first kappa shape index (κ1) is 19.2. The summed E-state index contributed by atoms with van der Waals surface area (Å²) < 4.78 is 0. The second kappa shape index (κ2) is 9.38. The molecule has 0 unspecified atom stereocenters. The molecule has 1 saturated heterocycles. The van der Waals surface area contributed by atoms with E-state index in [0.29, 0.717) is 4.91 Å². The van der Waals surface area contributed by atoms with Gasteiger partial charge in [0.05, 0.1) is 10.7 Å². The lowest BCUT2D eigenvalue weighted by molar-refractivity contribution is -0.123. The first-order valence-electron chi connectivity index (χ1n) is 8.23. The largest absolute Gasteiger partial charge is 0.354 e. The normalized spacial score (nSPS) is 15.4. The summed E-state index contributed by atoms with van der Waals surface area (Å²) in [5.74, 6) is -0.198. The zero-order chi connectivity index (χ0) is 19.1. The van der Waals surface area contributed by atoms with Gasteiger partial charge in [-0.05, 0) is 41.6 Å². The van der Waals surface area contributed by atoms with Gasteiger partial charge in [0.1, 0.15) is 0 Å². The van der Waals surface area contributed by atoms with E-state index < -0.39 is 0 Å². The van der Waals surface area contributed by atoms with E-state index in [1.54, 1.807) is 24.5 Å². The van der Waals surface area contributed by atoms with Gasteiger partial charge in [0.15, 0.2) is 0 Å². The quantitative estimate of drug-likeness (QED) is 0.570. The molecule has 0 aliphatic carbocycles. The maximum absolute atomic E-state index is 12.4. The second-order valence-corrected chi connectivity index (χ2v) is 7.61. The van der Waals surface area contributed by atoms with E-state index in [4.69, 9.17) is 0 Å². The van der Waals surface area contributed by atoms with Crippen molar-refractivity contribution < 1.29 is 14.4 Å². The number of rotatable bonds is 7. The van der Waals surface area contributed by atoms with E-state index in [0.717, 1.165) is 27.1 Å². The summed E-state index contributed by atoms with van der Waals surface area (Å²) in [6.07, 6.45) is 4.91. The molecule has 1 aromatic carbocycles. The summed E-state index contributed by atoms with van der Waals surface area (Å²) in [4.78, 5) is 42.9. The highest BCUT2D eigenvalue weighted by Crippen LogP contribution is 2.31. The summed E-state index contributed by atoms with van der Waals surface area (Å²) in [6.45, 7) is 0.378. The van der Waals surface area contributed by atoms with Crippen LogP contribution >= 0.6 is 23.5 Å². The van der Waals surface area contributed by atoms with Crippen LogP contribution in [-0.4, -0.2) is 45.8 Å². The van der Waals surface area contributed by atoms with Crippen LogP contribution in [0.3, 0.4) is 0 Å². The molecule has 2 aromatic rings. The van der Waals surface area contributed by atoms with E-state index >= 15 is 0 Å². The lowest BCUT2D eigenvalue weighted by atomic mass is 10.2. The van der Waals surface area contributed by atoms with Gasteiger partial charge in [0.2, 0.25) is 5.91 Å². The summed E-state index contributed by atoms with van der Waals surface area (Å²) in [5.41, 5.74) is 0.759. The Morgan fingerprint density at radius 2 is 2.00 bits per heavy atom. The number of pyridine rings is 1. The minimum absolute atomic E-state index is 0.137. The van der Waals surface area contributed by atoms with Gasteiger partial charge in [0, 0.05) is 30.4 Å². The molecule has 27 heavy (non-hydrogen) atoms. The zero-order valence-electron chi connectivity index (χ0n) is 14.3. The SMILES string of the molecule is O=C(CSc1ccccc1)NCCN1C(=O)S/C(=C/c2cccnc2)C1=O. The molecule has 1 N–H and O–H groups in total. The Labute approximate surface area is 165 Å². The fourth-order valence-electron chi connectivity index (χ4n) is 2.33. The molecule has 0 saturated carbocycles. The van der Waals surface area contributed by atoms with Crippen molar-refractivity contribution >= 4 is 46.7 Å². The van der Waals surface area contributed by atoms with E-state index in [9.17, 15) is 14.4 Å². The maximum Gasteiger partial charge on any atom is 0.293 e. The molecule has 0 radical (unpaired) electrons. The Kier molecular flexibility index (Phi) is 6.67. The molecule has 2 heterocycles. The van der Waals surface area contributed by atoms with Gasteiger partial charge in [0.25, 0.3) is 11.1 Å². The lowest BCUT2D eigenvalue weighted by Gasteiger charge is -2.12. The maximum atomic E-state index is 12.4. The van der Waals surface area contributed by atoms with Crippen LogP contribution in [0.4, 0.5) is 4.79 Å². The number of imide groups is 1. The Bertz CT molecular complexity index is 857. The highest BCUT2D eigenvalue weighted by atomic mass is 32.2. The first-order valence-corrected chi connectivity index (χ1v) is 10.0. The smallest absolute Gasteiger partial charge is 0.293 e. The molecule has 1 fully saturated rings. The topological polar surface area (TPSA) is 79.4 Å². The minimum Gasteiger partial charge on any atom is -0.354 e. The standard InChI is InChI=1S/C19H17N3O3S2/c23-17(13-26-15-6-2-1-3-7-15)21-9-10-22-18(24)16(27-19(22)25)11-14-5-4-8-20-12-14/h1-8,11-12H,9-10,13H2,(H,21,23)/b16-11+. The van der Waals surface area contributed by atoms with Crippen LogP contribution in [0.25, 0.3) is 6.08 Å². The summed E-state index contributed by atoms with van der Waals surface area (Å²) in [7, 11) is 0. The molecule has 3 amide bonds. The number of nitrogens with zero attached hydrogens (tertiary/aromatic N) is 2. The van der Waals surface area contributed by atoms with E-state index in [2.05, 4.69) is 10.3 Å². The molecular weight excluding hydrogens is 382 g/mol. The highest BCUT2D eigenvalue weighted by molar-refractivity contribution is 8.18. The molecule has 3 rings (SSSR count). The van der Waals surface area contributed by atoms with Crippen molar-refractivity contribution in [2.24, 2.45) is 0 Å². The van der Waals surface area contributed by atoms with Gasteiger partial charge in [-0.1, -0.05) is 24.3 Å². The monoisotopic (exact) mass is 399 g/mol. The average molecular weight is 399 g/mol. The van der Waals surface area contributed by atoms with Gasteiger partial charge in [-0.15, -0.1) is 11.8 Å². The minimum atomic E-state index is -0.346. The predicted octanol–water partition coefficient (Wildman–Crippen LogP) is 3.03. The van der Waals surface area contributed by atoms with Crippen molar-refractivity contribution in [1.82, 2.24) is 15.2 Å². The van der Waals surface area contributed by atoms with Crippen molar-refractivity contribution in [1.29, 1.82) is 0 Å². The number of carbonyl (C=O) groups excluding carboxylic acids is 3. The van der Waals surface area contributed by atoms with Crippen molar-refractivity contribution in [3.63, 3.8) is 0 Å². The van der Waals surface area contributed by atoms with Gasteiger partial charge in [-0.25, -0.2) is 0 Å². The van der Waals surface area contributed by atoms with Crippen LogP contribution in [-0.2, 0) is 9.59 Å². The predicted molar refractivity (Wildman–Crippen MR) is 107 cm³/mol. The van der Waals surface area contributed by atoms with Crippen LogP contribution in [0.1, 0.15) is 5.56 Å². The van der Waals surface area contributed by atoms with Crippen LogP contribution in [0.5, 0.6) is 0 Å². The molecule has 0 atom stereocenters. The number of carbonyl (C=O) groups is 3. The molecule has 0 spiro atoms. The number of amides is 3. The number of hydrogen-bond donors (Lipinski definition) is 1. The Morgan fingerprint density at radius 1 is 1.19 bits per heavy atom. The number of thioether (sulfide) groups is 2. The fraction of sp³-hybridized carbons (Fsp3) is 0.158. The molecular formula is C19H17N3O3S2. The van der Waals surface area contributed by atoms with Crippen molar-refractivity contribution in [3.05, 3.63) is 65.3 Å². The molecule has 6 nitrogen and oxygen atoms in total. The molecule has 1 aliphatic heterocycles. The van der Waals surface area contributed by atoms with Gasteiger partial charge >= 0.3 is 0 Å². The highest BCUT2D eigenvalue weighted by Gasteiger charge is 2.34. The van der Waals surface area contributed by atoms with E-state index in [-0.39, 0.29) is 35.9 Å². The van der Waals surface area contributed by atoms with E-state index in [1.165, 1.54) is 11.8 Å². The fourth-order valence-corrected chi connectivity index (χ4v) is 3.94. The van der Waals surface area contributed by atoms with Crippen LogP contribution < -0.4 is 5.32 Å². The third-order valence-corrected chi connectivity index (χ3v) is 5.55. The number of aromatic nitrogens is 1. The van der Waals surface area contributed by atoms with Crippen LogP contribution in [0, 0.1) is 0 Å². The van der Waals surface area contributed by atoms with Gasteiger partial charge < -0.3 is 5.32 Å². The van der Waals surface area contributed by atoms with Crippen LogP contribution in [0.2, 0.25) is 0 Å². The van der Waals surface area contributed by atoms with Crippen molar-refractivity contribution in [2.75, 3.05) is 18.8 Å². The molecule has 0 bridgehead atoms. The number of benzene rings is 1. The van der Waals surface area contributed by atoms with Crippen molar-refractivity contribution in [2.45, 2.75) is 4.90 Å². The van der Waals surface area contributed by atoms with Crippen LogP contribution in [0.15, 0.2) is 64.7 Å². The molecule has 8 heteroatoms. The van der Waals surface area contributed by atoms with Crippen molar-refractivity contribution in [3.8, 4) is 0 Å². The van der Waals surface area contributed by atoms with Gasteiger partial charge in [-0.3, -0.25) is 24.3 Å². The third-order valence-electron chi connectivity index (χ3n) is 3.63. The zero-order valence-corrected chi connectivity index (χ0v) is 16.0. The van der Waals surface area contributed by atoms with Gasteiger partial charge in [-0.2, -0.15) is 0 Å². The summed E-state index contributed by atoms with van der Waals surface area (Å²) >= 11 is 2.33. The number of hydrogen-bond acceptors (Lipinski definition) is 6. The lowest BCUT2D eigenvalue weighted by Crippen LogP contribution is -2.37. The first-order chi connectivity index (χ1) is 13.1. The summed E-state index contributed by atoms with van der Waals surface area (Å²) in [5, 5.41) is 2.41. The Morgan fingerprint density at radius 3 is 2.74 bits per heavy atom. The third kappa shape index (κ3) is 5.45.